The maximum atomic E-state index is 12.8. The average molecular weight is 423 g/mol. The van der Waals surface area contributed by atoms with Gasteiger partial charge in [-0.25, -0.2) is 4.79 Å². The van der Waals surface area contributed by atoms with E-state index in [0.29, 0.717) is 16.1 Å². The van der Waals surface area contributed by atoms with E-state index in [1.807, 2.05) is 0 Å². The zero-order chi connectivity index (χ0) is 21.6. The number of hydrogen-bond donors (Lipinski definition) is 2. The molecular weight excluding hydrogens is 392 g/mol. The number of amides is 2. The van der Waals surface area contributed by atoms with E-state index in [1.54, 1.807) is 45.9 Å². The fourth-order valence-electron chi connectivity index (χ4n) is 3.38. The molecule has 0 aromatic heterocycles. The van der Waals surface area contributed by atoms with Gasteiger partial charge >= 0.3 is 6.09 Å². The third kappa shape index (κ3) is 7.35. The zero-order valence-electron chi connectivity index (χ0n) is 17.6. The van der Waals surface area contributed by atoms with Crippen LogP contribution in [0, 0.1) is 0 Å². The molecule has 29 heavy (non-hydrogen) atoms. The Kier molecular flexibility index (Phi) is 8.08. The van der Waals surface area contributed by atoms with Gasteiger partial charge in [0.15, 0.2) is 5.78 Å². The average Bonchev–Trinajstić information content (AvgIpc) is 2.60. The van der Waals surface area contributed by atoms with Crippen LogP contribution in [0.25, 0.3) is 0 Å². The van der Waals surface area contributed by atoms with Gasteiger partial charge in [0.1, 0.15) is 5.60 Å². The number of ketones is 1. The maximum absolute atomic E-state index is 12.8. The van der Waals surface area contributed by atoms with E-state index in [1.165, 1.54) is 6.42 Å². The number of alkyl carbamates (subject to hydrolysis) is 1. The summed E-state index contributed by atoms with van der Waals surface area (Å²) in [5, 5.41) is 5.91. The van der Waals surface area contributed by atoms with Crippen LogP contribution >= 0.6 is 11.6 Å². The molecule has 160 valence electrons. The second-order valence-corrected chi connectivity index (χ2v) is 9.00. The highest BCUT2D eigenvalue weighted by molar-refractivity contribution is 6.34. The van der Waals surface area contributed by atoms with Crippen molar-refractivity contribution in [2.45, 2.75) is 83.9 Å². The van der Waals surface area contributed by atoms with Gasteiger partial charge in [-0.05, 0) is 52.2 Å². The summed E-state index contributed by atoms with van der Waals surface area (Å²) in [6, 6.07) is 4.48. The van der Waals surface area contributed by atoms with E-state index in [2.05, 4.69) is 10.6 Å². The number of carbonyl (C=O) groups is 3. The maximum Gasteiger partial charge on any atom is 0.408 e. The van der Waals surface area contributed by atoms with Crippen LogP contribution in [0.1, 0.15) is 75.7 Å². The highest BCUT2D eigenvalue weighted by Crippen LogP contribution is 2.23. The van der Waals surface area contributed by atoms with Gasteiger partial charge in [-0.2, -0.15) is 0 Å². The lowest BCUT2D eigenvalue weighted by molar-refractivity contribution is -0.120. The lowest BCUT2D eigenvalue weighted by Gasteiger charge is -2.24. The van der Waals surface area contributed by atoms with Crippen LogP contribution < -0.4 is 10.6 Å². The van der Waals surface area contributed by atoms with Crippen molar-refractivity contribution in [1.82, 2.24) is 10.6 Å². The first-order valence-corrected chi connectivity index (χ1v) is 10.5. The number of rotatable bonds is 6. The summed E-state index contributed by atoms with van der Waals surface area (Å²) in [4.78, 5) is 37.4. The molecule has 0 bridgehead atoms. The predicted octanol–water partition coefficient (Wildman–Crippen LogP) is 4.43. The minimum atomic E-state index is -0.752. The summed E-state index contributed by atoms with van der Waals surface area (Å²) < 4.78 is 5.19. The van der Waals surface area contributed by atoms with Crippen molar-refractivity contribution in [2.24, 2.45) is 0 Å². The Balaban J connectivity index is 2.06. The Morgan fingerprint density at radius 1 is 1.17 bits per heavy atom. The second-order valence-electron chi connectivity index (χ2n) is 8.59. The standard InChI is InChI=1S/C22H31ClN2O4/c1-14(24-21(28)29-22(2,3)4)18(26)13-15-9-8-12-17(23)19(15)20(27)25-16-10-6-5-7-11-16/h8-9,12,14,16H,5-7,10-11,13H2,1-4H3,(H,24,28)(H,25,27). The van der Waals surface area contributed by atoms with Crippen molar-refractivity contribution in [3.8, 4) is 0 Å². The highest BCUT2D eigenvalue weighted by Gasteiger charge is 2.25. The number of carbonyl (C=O) groups excluding carboxylic acids is 3. The number of hydrogen-bond acceptors (Lipinski definition) is 4. The molecule has 1 atom stereocenters. The Morgan fingerprint density at radius 3 is 2.45 bits per heavy atom. The number of nitrogens with one attached hydrogen (secondary N) is 2. The molecule has 7 heteroatoms. The third-order valence-corrected chi connectivity index (χ3v) is 5.16. The molecule has 1 unspecified atom stereocenters. The molecule has 1 aromatic carbocycles. The summed E-state index contributed by atoms with van der Waals surface area (Å²) in [5.41, 5.74) is 0.232. The number of ether oxygens (including phenoxy) is 1. The second kappa shape index (κ2) is 10.1. The Morgan fingerprint density at radius 2 is 1.83 bits per heavy atom. The van der Waals surface area contributed by atoms with Crippen LogP contribution in [0.2, 0.25) is 5.02 Å². The van der Waals surface area contributed by atoms with Gasteiger partial charge in [0.2, 0.25) is 0 Å². The van der Waals surface area contributed by atoms with E-state index in [0.717, 1.165) is 25.7 Å². The fraction of sp³-hybridized carbons (Fsp3) is 0.591. The normalized spacial score (nSPS) is 16.0. The van der Waals surface area contributed by atoms with Crippen LogP contribution in [-0.4, -0.2) is 35.5 Å². The molecular formula is C22H31ClN2O4. The first kappa shape index (κ1) is 23.2. The van der Waals surface area contributed by atoms with Crippen molar-refractivity contribution >= 4 is 29.4 Å². The molecule has 6 nitrogen and oxygen atoms in total. The smallest absolute Gasteiger partial charge is 0.408 e. The number of benzene rings is 1. The molecule has 1 aliphatic carbocycles. The van der Waals surface area contributed by atoms with Crippen molar-refractivity contribution in [3.63, 3.8) is 0 Å². The lowest BCUT2D eigenvalue weighted by atomic mass is 9.94. The first-order valence-electron chi connectivity index (χ1n) is 10.2. The lowest BCUT2D eigenvalue weighted by Crippen LogP contribution is -2.42. The van der Waals surface area contributed by atoms with Crippen molar-refractivity contribution in [2.75, 3.05) is 0 Å². The Hall–Kier alpha value is -2.08. The van der Waals surface area contributed by atoms with Gasteiger partial charge in [-0.15, -0.1) is 0 Å². The van der Waals surface area contributed by atoms with Gasteiger partial charge < -0.3 is 15.4 Å². The minimum Gasteiger partial charge on any atom is -0.444 e. The van der Waals surface area contributed by atoms with E-state index < -0.39 is 17.7 Å². The molecule has 2 N–H and O–H groups in total. The third-order valence-electron chi connectivity index (χ3n) is 4.85. The zero-order valence-corrected chi connectivity index (χ0v) is 18.4. The number of Topliss-reactive ketones (excluding diaryl/α,β-unsaturated/α-hetero) is 1. The van der Waals surface area contributed by atoms with Crippen LogP contribution in [0.5, 0.6) is 0 Å². The summed E-state index contributed by atoms with van der Waals surface area (Å²) in [6.07, 6.45) is 4.66. The molecule has 0 heterocycles. The van der Waals surface area contributed by atoms with Gasteiger partial charge in [0.25, 0.3) is 5.91 Å². The Labute approximate surface area is 177 Å². The molecule has 1 aromatic rings. The first-order chi connectivity index (χ1) is 13.6. The fourth-order valence-corrected chi connectivity index (χ4v) is 3.66. The quantitative estimate of drug-likeness (QED) is 0.710. The Bertz CT molecular complexity index is 752. The topological polar surface area (TPSA) is 84.5 Å². The van der Waals surface area contributed by atoms with Crippen LogP contribution in [0.3, 0.4) is 0 Å². The molecule has 1 fully saturated rings. The van der Waals surface area contributed by atoms with Crippen molar-refractivity contribution in [3.05, 3.63) is 34.3 Å². The van der Waals surface area contributed by atoms with E-state index in [9.17, 15) is 14.4 Å². The molecule has 0 radical (unpaired) electrons. The SMILES string of the molecule is CC(NC(=O)OC(C)(C)C)C(=O)Cc1cccc(Cl)c1C(=O)NC1CCCCC1. The monoisotopic (exact) mass is 422 g/mol. The molecule has 0 aliphatic heterocycles. The molecule has 2 amide bonds. The molecule has 0 spiro atoms. The van der Waals surface area contributed by atoms with Crippen LogP contribution in [0.15, 0.2) is 18.2 Å². The minimum absolute atomic E-state index is 0.00898. The number of halogens is 1. The summed E-state index contributed by atoms with van der Waals surface area (Å²) in [6.45, 7) is 6.85. The molecule has 2 rings (SSSR count). The van der Waals surface area contributed by atoms with Crippen molar-refractivity contribution in [1.29, 1.82) is 0 Å². The molecule has 1 saturated carbocycles. The van der Waals surface area contributed by atoms with Crippen LogP contribution in [0.4, 0.5) is 4.79 Å². The highest BCUT2D eigenvalue weighted by atomic mass is 35.5. The van der Waals surface area contributed by atoms with Gasteiger partial charge in [-0.1, -0.05) is 43.0 Å². The summed E-state index contributed by atoms with van der Waals surface area (Å²) in [7, 11) is 0. The molecule has 1 aliphatic rings. The predicted molar refractivity (Wildman–Crippen MR) is 113 cm³/mol. The molecule has 0 saturated heterocycles. The van der Waals surface area contributed by atoms with Gasteiger partial charge in [0.05, 0.1) is 16.6 Å². The largest absolute Gasteiger partial charge is 0.444 e. The van der Waals surface area contributed by atoms with E-state index in [-0.39, 0.29) is 24.2 Å². The van der Waals surface area contributed by atoms with E-state index >= 15 is 0 Å². The summed E-state index contributed by atoms with van der Waals surface area (Å²) in [5.74, 6) is -0.483. The van der Waals surface area contributed by atoms with Crippen molar-refractivity contribution < 1.29 is 19.1 Å². The summed E-state index contributed by atoms with van der Waals surface area (Å²) >= 11 is 6.30. The van der Waals surface area contributed by atoms with Crippen LogP contribution in [-0.2, 0) is 16.0 Å². The van der Waals surface area contributed by atoms with Gasteiger partial charge in [-0.3, -0.25) is 9.59 Å². The van der Waals surface area contributed by atoms with Gasteiger partial charge in [0, 0.05) is 12.5 Å². The van der Waals surface area contributed by atoms with E-state index in [4.69, 9.17) is 16.3 Å².